The second-order valence-corrected chi connectivity index (χ2v) is 5.60. The molecule has 0 spiro atoms. The summed E-state index contributed by atoms with van der Waals surface area (Å²) >= 11 is 0. The van der Waals surface area contributed by atoms with Crippen molar-refractivity contribution in [2.24, 2.45) is 0 Å². The third-order valence-electron chi connectivity index (χ3n) is 3.36. The first-order valence-electron chi connectivity index (χ1n) is 7.30. The lowest BCUT2D eigenvalue weighted by atomic mass is 10.1. The Labute approximate surface area is 140 Å². The van der Waals surface area contributed by atoms with Gasteiger partial charge in [-0.2, -0.15) is 0 Å². The Bertz CT molecular complexity index is 737. The van der Waals surface area contributed by atoms with Crippen molar-refractivity contribution in [1.82, 2.24) is 0 Å². The molecular weight excluding hydrogens is 310 g/mol. The summed E-state index contributed by atoms with van der Waals surface area (Å²) in [6, 6.07) is 13.3. The Hall–Kier alpha value is -3.02. The van der Waals surface area contributed by atoms with E-state index in [9.17, 15) is 9.59 Å². The van der Waals surface area contributed by atoms with Gasteiger partial charge < -0.3 is 19.9 Å². The van der Waals surface area contributed by atoms with Crippen LogP contribution in [-0.2, 0) is 4.79 Å². The van der Waals surface area contributed by atoms with Gasteiger partial charge in [-0.05, 0) is 50.2 Å². The molecule has 0 atom stereocenters. The van der Waals surface area contributed by atoms with Gasteiger partial charge >= 0.3 is 5.97 Å². The molecule has 6 nitrogen and oxygen atoms in total. The molecule has 2 aromatic carbocycles. The molecule has 2 aromatic rings. The molecule has 0 saturated carbocycles. The third-order valence-corrected chi connectivity index (χ3v) is 3.36. The van der Waals surface area contributed by atoms with Gasteiger partial charge in [-0.3, -0.25) is 4.79 Å². The molecule has 126 valence electrons. The van der Waals surface area contributed by atoms with Crippen LogP contribution >= 0.6 is 0 Å². The van der Waals surface area contributed by atoms with E-state index >= 15 is 0 Å². The van der Waals surface area contributed by atoms with Crippen molar-refractivity contribution in [3.63, 3.8) is 0 Å². The number of nitrogens with one attached hydrogen (secondary N) is 1. The first-order valence-corrected chi connectivity index (χ1v) is 7.30. The highest BCUT2D eigenvalue weighted by atomic mass is 16.5. The summed E-state index contributed by atoms with van der Waals surface area (Å²) in [6.07, 6.45) is 0. The number of aliphatic carboxylic acids is 1. The minimum absolute atomic E-state index is 0.302. The standard InChI is InChI=1S/C18H19NO5/c1-18(2,17(21)22)24-13-10-8-12(9-11-13)16(20)19-14-6-4-5-7-15(14)23-3/h4-11H,1-3H3,(H,19,20)(H,21,22). The fourth-order valence-corrected chi connectivity index (χ4v) is 1.96. The van der Waals surface area contributed by atoms with E-state index in [2.05, 4.69) is 5.32 Å². The maximum Gasteiger partial charge on any atom is 0.347 e. The number of benzene rings is 2. The topological polar surface area (TPSA) is 84.9 Å². The van der Waals surface area contributed by atoms with Gasteiger partial charge in [-0.25, -0.2) is 4.79 Å². The number of hydrogen-bond donors (Lipinski definition) is 2. The van der Waals surface area contributed by atoms with Crippen LogP contribution in [0.1, 0.15) is 24.2 Å². The second kappa shape index (κ2) is 7.04. The zero-order valence-corrected chi connectivity index (χ0v) is 13.7. The number of ether oxygens (including phenoxy) is 2. The Morgan fingerprint density at radius 1 is 1.04 bits per heavy atom. The average Bonchev–Trinajstić information content (AvgIpc) is 2.55. The van der Waals surface area contributed by atoms with Crippen molar-refractivity contribution in [3.05, 3.63) is 54.1 Å². The molecule has 2 rings (SSSR count). The molecule has 0 aliphatic carbocycles. The molecule has 0 aromatic heterocycles. The van der Waals surface area contributed by atoms with Gasteiger partial charge in [-0.15, -0.1) is 0 Å². The lowest BCUT2D eigenvalue weighted by Gasteiger charge is -2.21. The van der Waals surface area contributed by atoms with Crippen LogP contribution in [0.2, 0.25) is 0 Å². The van der Waals surface area contributed by atoms with Crippen LogP contribution in [0.15, 0.2) is 48.5 Å². The molecule has 1 amide bonds. The molecule has 0 saturated heterocycles. The smallest absolute Gasteiger partial charge is 0.347 e. The quantitative estimate of drug-likeness (QED) is 0.850. The van der Waals surface area contributed by atoms with E-state index in [0.717, 1.165) is 0 Å². The predicted octanol–water partition coefficient (Wildman–Crippen LogP) is 3.19. The van der Waals surface area contributed by atoms with Crippen molar-refractivity contribution >= 4 is 17.6 Å². The summed E-state index contributed by atoms with van der Waals surface area (Å²) in [5, 5.41) is 11.8. The number of carboxylic acids is 1. The van der Waals surface area contributed by atoms with Crippen LogP contribution in [0.4, 0.5) is 5.69 Å². The van der Waals surface area contributed by atoms with Crippen LogP contribution in [0.25, 0.3) is 0 Å². The van der Waals surface area contributed by atoms with E-state index in [4.69, 9.17) is 14.6 Å². The van der Waals surface area contributed by atoms with Gasteiger partial charge in [0.15, 0.2) is 5.60 Å². The molecule has 24 heavy (non-hydrogen) atoms. The Kier molecular flexibility index (Phi) is 5.08. The zero-order chi connectivity index (χ0) is 17.7. The van der Waals surface area contributed by atoms with Crippen molar-refractivity contribution in [2.45, 2.75) is 19.4 Å². The summed E-state index contributed by atoms with van der Waals surface area (Å²) in [5.41, 5.74) is -0.361. The Morgan fingerprint density at radius 2 is 1.67 bits per heavy atom. The van der Waals surface area contributed by atoms with Gasteiger partial charge in [0.05, 0.1) is 12.8 Å². The van der Waals surface area contributed by atoms with Gasteiger partial charge in [-0.1, -0.05) is 12.1 Å². The number of methoxy groups -OCH3 is 1. The minimum Gasteiger partial charge on any atom is -0.495 e. The lowest BCUT2D eigenvalue weighted by Crippen LogP contribution is -2.37. The average molecular weight is 329 g/mol. The number of hydrogen-bond acceptors (Lipinski definition) is 4. The fourth-order valence-electron chi connectivity index (χ4n) is 1.96. The van der Waals surface area contributed by atoms with Crippen LogP contribution in [0.3, 0.4) is 0 Å². The van der Waals surface area contributed by atoms with Gasteiger partial charge in [0.1, 0.15) is 11.5 Å². The highest BCUT2D eigenvalue weighted by molar-refractivity contribution is 6.05. The number of anilines is 1. The molecule has 0 bridgehead atoms. The number of carbonyl (C=O) groups is 2. The normalized spacial score (nSPS) is 10.8. The molecule has 0 unspecified atom stereocenters. The van der Waals surface area contributed by atoms with Crippen LogP contribution in [-0.4, -0.2) is 29.7 Å². The highest BCUT2D eigenvalue weighted by Gasteiger charge is 2.29. The van der Waals surface area contributed by atoms with Crippen LogP contribution in [0, 0.1) is 0 Å². The van der Waals surface area contributed by atoms with E-state index in [-0.39, 0.29) is 5.91 Å². The van der Waals surface area contributed by atoms with Crippen molar-refractivity contribution in [1.29, 1.82) is 0 Å². The van der Waals surface area contributed by atoms with Crippen LogP contribution < -0.4 is 14.8 Å². The van der Waals surface area contributed by atoms with Crippen molar-refractivity contribution in [2.75, 3.05) is 12.4 Å². The molecule has 0 aliphatic rings. The van der Waals surface area contributed by atoms with Crippen molar-refractivity contribution < 1.29 is 24.2 Å². The van der Waals surface area contributed by atoms with E-state index in [0.29, 0.717) is 22.7 Å². The van der Waals surface area contributed by atoms with Crippen molar-refractivity contribution in [3.8, 4) is 11.5 Å². The van der Waals surface area contributed by atoms with E-state index in [1.807, 2.05) is 6.07 Å². The van der Waals surface area contributed by atoms with Gasteiger partial charge in [0.25, 0.3) is 5.91 Å². The largest absolute Gasteiger partial charge is 0.495 e. The highest BCUT2D eigenvalue weighted by Crippen LogP contribution is 2.24. The van der Waals surface area contributed by atoms with E-state index in [1.165, 1.54) is 21.0 Å². The SMILES string of the molecule is COc1ccccc1NC(=O)c1ccc(OC(C)(C)C(=O)O)cc1. The second-order valence-electron chi connectivity index (χ2n) is 5.60. The van der Waals surface area contributed by atoms with Gasteiger partial charge in [0, 0.05) is 5.56 Å². The monoisotopic (exact) mass is 329 g/mol. The molecule has 0 heterocycles. The third kappa shape index (κ3) is 4.04. The summed E-state index contributed by atoms with van der Waals surface area (Å²) < 4.78 is 10.6. The number of para-hydroxylation sites is 2. The molecule has 0 aliphatic heterocycles. The summed E-state index contributed by atoms with van der Waals surface area (Å²) in [5.74, 6) is -0.436. The van der Waals surface area contributed by atoms with E-state index in [1.54, 1.807) is 42.5 Å². The number of rotatable bonds is 6. The number of carbonyl (C=O) groups excluding carboxylic acids is 1. The zero-order valence-electron chi connectivity index (χ0n) is 13.7. The summed E-state index contributed by atoms with van der Waals surface area (Å²) in [6.45, 7) is 2.91. The number of amides is 1. The molecular formula is C18H19NO5. The first-order chi connectivity index (χ1) is 11.3. The van der Waals surface area contributed by atoms with E-state index < -0.39 is 11.6 Å². The Morgan fingerprint density at radius 3 is 2.25 bits per heavy atom. The number of carboxylic acid groups (broad SMARTS) is 1. The van der Waals surface area contributed by atoms with Gasteiger partial charge in [0.2, 0.25) is 0 Å². The maximum atomic E-state index is 12.3. The lowest BCUT2D eigenvalue weighted by molar-refractivity contribution is -0.152. The minimum atomic E-state index is -1.35. The first kappa shape index (κ1) is 17.3. The predicted molar refractivity (Wildman–Crippen MR) is 89.7 cm³/mol. The molecule has 0 fully saturated rings. The fraction of sp³-hybridized carbons (Fsp3) is 0.222. The Balaban J connectivity index is 2.10. The maximum absolute atomic E-state index is 12.3. The molecule has 6 heteroatoms. The molecule has 0 radical (unpaired) electrons. The summed E-state index contributed by atoms with van der Waals surface area (Å²) in [7, 11) is 1.53. The van der Waals surface area contributed by atoms with Crippen LogP contribution in [0.5, 0.6) is 11.5 Å². The summed E-state index contributed by atoms with van der Waals surface area (Å²) in [4.78, 5) is 23.3. The molecule has 2 N–H and O–H groups in total.